The Morgan fingerprint density at radius 1 is 1.04 bits per heavy atom. The lowest BCUT2D eigenvalue weighted by Gasteiger charge is -2.36. The molecule has 0 unspecified atom stereocenters. The van der Waals surface area contributed by atoms with E-state index < -0.39 is 0 Å². The topological polar surface area (TPSA) is 32.3 Å². The second-order valence-corrected chi connectivity index (χ2v) is 9.26. The molecule has 1 aliphatic heterocycles. The Morgan fingerprint density at radius 2 is 1.82 bits per heavy atom. The average Bonchev–Trinajstić information content (AvgIpc) is 3.30. The Kier molecular flexibility index (Phi) is 4.99. The molecule has 6 heteroatoms. The van der Waals surface area contributed by atoms with E-state index in [1.807, 2.05) is 23.5 Å². The number of benzene rings is 1. The first-order valence-corrected chi connectivity index (χ1v) is 11.4. The van der Waals surface area contributed by atoms with Crippen molar-refractivity contribution in [3.8, 4) is 0 Å². The Balaban J connectivity index is 1.37. The number of aryl methyl sites for hydroxylation is 3. The van der Waals surface area contributed by atoms with Crippen LogP contribution in [-0.4, -0.2) is 41.0 Å². The number of thiophene rings is 1. The molecule has 0 amide bonds. The number of piperazine rings is 1. The van der Waals surface area contributed by atoms with E-state index in [0.29, 0.717) is 0 Å². The molecule has 5 rings (SSSR count). The van der Waals surface area contributed by atoms with Crippen LogP contribution in [0.4, 0.5) is 5.82 Å². The predicted molar refractivity (Wildman–Crippen MR) is 118 cm³/mol. The van der Waals surface area contributed by atoms with E-state index in [-0.39, 0.29) is 0 Å². The molecule has 28 heavy (non-hydrogen) atoms. The van der Waals surface area contributed by atoms with Crippen LogP contribution in [0.15, 0.2) is 24.3 Å². The van der Waals surface area contributed by atoms with Crippen molar-refractivity contribution in [1.82, 2.24) is 14.9 Å². The lowest BCUT2D eigenvalue weighted by atomic mass is 10.1. The fraction of sp³-hybridized carbons (Fsp3) is 0.455. The van der Waals surface area contributed by atoms with Crippen LogP contribution in [0, 0.1) is 0 Å². The Morgan fingerprint density at radius 3 is 2.57 bits per heavy atom. The highest BCUT2D eigenvalue weighted by atomic mass is 35.5. The summed E-state index contributed by atoms with van der Waals surface area (Å²) in [4.78, 5) is 17.6. The van der Waals surface area contributed by atoms with Crippen LogP contribution in [0.25, 0.3) is 10.2 Å². The minimum Gasteiger partial charge on any atom is -0.353 e. The van der Waals surface area contributed by atoms with Gasteiger partial charge in [-0.3, -0.25) is 4.90 Å². The zero-order valence-corrected chi connectivity index (χ0v) is 17.8. The average molecular weight is 413 g/mol. The highest BCUT2D eigenvalue weighted by Crippen LogP contribution is 2.40. The fourth-order valence-corrected chi connectivity index (χ4v) is 5.77. The molecule has 0 N–H and O–H groups in total. The SMILES string of the molecule is CCc1nc(N2CCN(Cc3ccc(Cl)cc3)CC2)c2c3c(sc2n1)CCC3. The molecule has 0 radical (unpaired) electrons. The van der Waals surface area contributed by atoms with Gasteiger partial charge in [-0.2, -0.15) is 0 Å². The molecular weight excluding hydrogens is 388 g/mol. The molecule has 1 fully saturated rings. The summed E-state index contributed by atoms with van der Waals surface area (Å²) >= 11 is 7.91. The van der Waals surface area contributed by atoms with Gasteiger partial charge in [0.15, 0.2) is 0 Å². The van der Waals surface area contributed by atoms with Crippen molar-refractivity contribution in [3.63, 3.8) is 0 Å². The number of anilines is 1. The van der Waals surface area contributed by atoms with Gasteiger partial charge in [-0.1, -0.05) is 30.7 Å². The van der Waals surface area contributed by atoms with E-state index in [1.54, 1.807) is 4.88 Å². The maximum Gasteiger partial charge on any atom is 0.141 e. The summed E-state index contributed by atoms with van der Waals surface area (Å²) in [7, 11) is 0. The van der Waals surface area contributed by atoms with Crippen LogP contribution < -0.4 is 4.90 Å². The molecule has 1 aliphatic carbocycles. The molecule has 3 heterocycles. The summed E-state index contributed by atoms with van der Waals surface area (Å²) < 4.78 is 0. The van der Waals surface area contributed by atoms with Crippen LogP contribution in [0.1, 0.15) is 35.2 Å². The van der Waals surface area contributed by atoms with Crippen LogP contribution in [-0.2, 0) is 25.8 Å². The number of aromatic nitrogens is 2. The summed E-state index contributed by atoms with van der Waals surface area (Å²) in [6.07, 6.45) is 4.57. The molecule has 0 bridgehead atoms. The number of halogens is 1. The molecule has 0 spiro atoms. The van der Waals surface area contributed by atoms with Crippen molar-refractivity contribution < 1.29 is 0 Å². The maximum atomic E-state index is 6.01. The highest BCUT2D eigenvalue weighted by molar-refractivity contribution is 7.19. The normalized spacial score (nSPS) is 17.4. The number of fused-ring (bicyclic) bond motifs is 3. The molecule has 0 atom stereocenters. The third kappa shape index (κ3) is 3.40. The van der Waals surface area contributed by atoms with Gasteiger partial charge in [-0.15, -0.1) is 11.3 Å². The molecule has 2 aromatic heterocycles. The van der Waals surface area contributed by atoms with Crippen LogP contribution >= 0.6 is 22.9 Å². The lowest BCUT2D eigenvalue weighted by molar-refractivity contribution is 0.249. The standard InChI is InChI=1S/C22H25ClN4S/c1-2-19-24-21(20-17-4-3-5-18(17)28-22(20)25-19)27-12-10-26(11-13-27)14-15-6-8-16(23)9-7-15/h6-9H,2-5,10-14H2,1H3. The summed E-state index contributed by atoms with van der Waals surface area (Å²) in [6.45, 7) is 7.29. The van der Waals surface area contributed by atoms with Gasteiger partial charge in [-0.05, 0) is 42.5 Å². The first-order valence-electron chi connectivity index (χ1n) is 10.2. The number of rotatable bonds is 4. The lowest BCUT2D eigenvalue weighted by Crippen LogP contribution is -2.46. The minimum absolute atomic E-state index is 0.802. The van der Waals surface area contributed by atoms with Crippen molar-refractivity contribution in [2.45, 2.75) is 39.2 Å². The smallest absolute Gasteiger partial charge is 0.141 e. The van der Waals surface area contributed by atoms with Crippen molar-refractivity contribution >= 4 is 39.0 Å². The molecule has 1 aromatic carbocycles. The third-order valence-corrected chi connectivity index (χ3v) is 7.34. The number of hydrogen-bond donors (Lipinski definition) is 0. The van der Waals surface area contributed by atoms with E-state index in [2.05, 4.69) is 28.9 Å². The first-order chi connectivity index (χ1) is 13.7. The fourth-order valence-electron chi connectivity index (χ4n) is 4.37. The minimum atomic E-state index is 0.802. The third-order valence-electron chi connectivity index (χ3n) is 5.90. The van der Waals surface area contributed by atoms with Gasteiger partial charge in [0.2, 0.25) is 0 Å². The quantitative estimate of drug-likeness (QED) is 0.620. The van der Waals surface area contributed by atoms with Crippen LogP contribution in [0.2, 0.25) is 5.02 Å². The van der Waals surface area contributed by atoms with Gasteiger partial charge in [0.05, 0.1) is 5.39 Å². The highest BCUT2D eigenvalue weighted by Gasteiger charge is 2.26. The summed E-state index contributed by atoms with van der Waals surface area (Å²) in [6, 6.07) is 8.22. The molecule has 146 valence electrons. The van der Waals surface area contributed by atoms with E-state index in [0.717, 1.165) is 50.0 Å². The number of hydrogen-bond acceptors (Lipinski definition) is 5. The maximum absolute atomic E-state index is 6.01. The Bertz CT molecular complexity index is 990. The molecule has 2 aliphatic rings. The van der Waals surface area contributed by atoms with E-state index in [1.165, 1.54) is 46.4 Å². The summed E-state index contributed by atoms with van der Waals surface area (Å²) in [5.74, 6) is 2.17. The molecule has 4 nitrogen and oxygen atoms in total. The predicted octanol–water partition coefficient (Wildman–Crippen LogP) is 4.72. The number of nitrogens with zero attached hydrogens (tertiary/aromatic N) is 4. The zero-order chi connectivity index (χ0) is 19.1. The second-order valence-electron chi connectivity index (χ2n) is 7.74. The van der Waals surface area contributed by atoms with E-state index in [9.17, 15) is 0 Å². The molecule has 0 saturated carbocycles. The van der Waals surface area contributed by atoms with Gasteiger partial charge in [0.25, 0.3) is 0 Å². The van der Waals surface area contributed by atoms with Gasteiger partial charge >= 0.3 is 0 Å². The van der Waals surface area contributed by atoms with Crippen molar-refractivity contribution in [1.29, 1.82) is 0 Å². The van der Waals surface area contributed by atoms with Gasteiger partial charge < -0.3 is 4.90 Å². The van der Waals surface area contributed by atoms with Gasteiger partial charge in [0.1, 0.15) is 16.5 Å². The van der Waals surface area contributed by atoms with Gasteiger partial charge in [-0.25, -0.2) is 9.97 Å². The Hall–Kier alpha value is -1.69. The molecule has 3 aromatic rings. The van der Waals surface area contributed by atoms with E-state index >= 15 is 0 Å². The zero-order valence-electron chi connectivity index (χ0n) is 16.2. The van der Waals surface area contributed by atoms with Crippen molar-refractivity contribution in [3.05, 3.63) is 51.1 Å². The Labute approximate surface area is 175 Å². The summed E-state index contributed by atoms with van der Waals surface area (Å²) in [5.41, 5.74) is 2.85. The summed E-state index contributed by atoms with van der Waals surface area (Å²) in [5, 5.41) is 2.15. The first kappa shape index (κ1) is 18.3. The molecular formula is C22H25ClN4S. The van der Waals surface area contributed by atoms with E-state index in [4.69, 9.17) is 21.6 Å². The monoisotopic (exact) mass is 412 g/mol. The van der Waals surface area contributed by atoms with Crippen molar-refractivity contribution in [2.24, 2.45) is 0 Å². The largest absolute Gasteiger partial charge is 0.353 e. The van der Waals surface area contributed by atoms with Crippen LogP contribution in [0.5, 0.6) is 0 Å². The van der Waals surface area contributed by atoms with Crippen molar-refractivity contribution in [2.75, 3.05) is 31.1 Å². The molecule has 1 saturated heterocycles. The van der Waals surface area contributed by atoms with Gasteiger partial charge in [0, 0.05) is 49.0 Å². The van der Waals surface area contributed by atoms with Crippen LogP contribution in [0.3, 0.4) is 0 Å². The second kappa shape index (κ2) is 7.62.